The number of methoxy groups -OCH3 is 1. The standard InChI is InChI=1S/C20H25N7O2S/c1-9-7-22-13(10(2)16(9)29-3)8-27-17-15-12(26-27)6-14(18(28)23-11-4-5-11)30-19(15)25-20(21)24-17/h7,11-12,14,26H,4-6,8H2,1-3H3,(H,23,28)(H2,21,24,25). The number of nitrogens with two attached hydrogens (primary N) is 1. The molecule has 9 nitrogen and oxygen atoms in total. The van der Waals surface area contributed by atoms with E-state index in [9.17, 15) is 4.79 Å². The quantitative estimate of drug-likeness (QED) is 0.614. The van der Waals surface area contributed by atoms with Gasteiger partial charge in [0.2, 0.25) is 11.9 Å². The fourth-order valence-electron chi connectivity index (χ4n) is 4.12. The Morgan fingerprint density at radius 1 is 1.40 bits per heavy atom. The lowest BCUT2D eigenvalue weighted by molar-refractivity contribution is -0.120. The van der Waals surface area contributed by atoms with E-state index in [1.54, 1.807) is 7.11 Å². The van der Waals surface area contributed by atoms with E-state index in [4.69, 9.17) is 10.5 Å². The maximum Gasteiger partial charge on any atom is 0.233 e. The summed E-state index contributed by atoms with van der Waals surface area (Å²) in [7, 11) is 1.67. The van der Waals surface area contributed by atoms with Crippen LogP contribution in [-0.4, -0.2) is 39.3 Å². The summed E-state index contributed by atoms with van der Waals surface area (Å²) in [5.74, 6) is 1.89. The smallest absolute Gasteiger partial charge is 0.233 e. The number of amides is 1. The summed E-state index contributed by atoms with van der Waals surface area (Å²) in [6.07, 6.45) is 4.64. The van der Waals surface area contributed by atoms with Crippen LogP contribution < -0.4 is 26.2 Å². The number of anilines is 2. The topological polar surface area (TPSA) is 118 Å². The number of hydrazine groups is 1. The molecule has 1 aliphatic carbocycles. The van der Waals surface area contributed by atoms with Crippen LogP contribution in [0.4, 0.5) is 11.8 Å². The third-order valence-corrected chi connectivity index (χ3v) is 7.03. The molecule has 2 aromatic rings. The summed E-state index contributed by atoms with van der Waals surface area (Å²) in [6.45, 7) is 4.49. The van der Waals surface area contributed by atoms with E-state index in [2.05, 4.69) is 25.7 Å². The predicted molar refractivity (Wildman–Crippen MR) is 114 cm³/mol. The molecule has 1 fully saturated rings. The summed E-state index contributed by atoms with van der Waals surface area (Å²) in [6, 6.07) is 0.309. The van der Waals surface area contributed by atoms with Crippen LogP contribution in [-0.2, 0) is 11.3 Å². The van der Waals surface area contributed by atoms with Crippen molar-refractivity contribution in [3.05, 3.63) is 28.6 Å². The Bertz CT molecular complexity index is 1030. The summed E-state index contributed by atoms with van der Waals surface area (Å²) in [4.78, 5) is 26.2. The molecule has 1 saturated carbocycles. The highest BCUT2D eigenvalue weighted by atomic mass is 32.2. The van der Waals surface area contributed by atoms with Gasteiger partial charge in [0.1, 0.15) is 10.8 Å². The molecule has 4 N–H and O–H groups in total. The highest BCUT2D eigenvalue weighted by Gasteiger charge is 2.42. The zero-order chi connectivity index (χ0) is 21.0. The Morgan fingerprint density at radius 2 is 2.20 bits per heavy atom. The van der Waals surface area contributed by atoms with Gasteiger partial charge in [-0.25, -0.2) is 10.4 Å². The van der Waals surface area contributed by atoms with Gasteiger partial charge in [0.25, 0.3) is 0 Å². The van der Waals surface area contributed by atoms with Crippen LogP contribution in [0.15, 0.2) is 11.2 Å². The fraction of sp³-hybridized carbons (Fsp3) is 0.500. The lowest BCUT2D eigenvalue weighted by Crippen LogP contribution is -2.40. The Hall–Kier alpha value is -2.59. The number of carbonyl (C=O) groups is 1. The van der Waals surface area contributed by atoms with Crippen LogP contribution in [0.3, 0.4) is 0 Å². The lowest BCUT2D eigenvalue weighted by atomic mass is 10.0. The van der Waals surface area contributed by atoms with Crippen LogP contribution >= 0.6 is 11.8 Å². The van der Waals surface area contributed by atoms with E-state index in [0.717, 1.165) is 51.8 Å². The first kappa shape index (κ1) is 19.4. The van der Waals surface area contributed by atoms with Crippen molar-refractivity contribution in [3.8, 4) is 5.75 Å². The Morgan fingerprint density at radius 3 is 2.93 bits per heavy atom. The van der Waals surface area contributed by atoms with Crippen molar-refractivity contribution in [2.45, 2.75) is 62.0 Å². The molecule has 30 heavy (non-hydrogen) atoms. The highest BCUT2D eigenvalue weighted by molar-refractivity contribution is 8.00. The van der Waals surface area contributed by atoms with Gasteiger partial charge >= 0.3 is 0 Å². The average molecular weight is 428 g/mol. The number of pyridine rings is 1. The molecule has 5 rings (SSSR count). The first-order valence-corrected chi connectivity index (χ1v) is 11.0. The molecule has 158 valence electrons. The third kappa shape index (κ3) is 3.33. The van der Waals surface area contributed by atoms with Gasteiger partial charge in [-0.3, -0.25) is 14.8 Å². The van der Waals surface area contributed by atoms with Crippen molar-refractivity contribution < 1.29 is 9.53 Å². The number of hydrogen-bond donors (Lipinski definition) is 3. The van der Waals surface area contributed by atoms with Gasteiger partial charge in [-0.15, -0.1) is 0 Å². The number of ether oxygens (including phenoxy) is 1. The van der Waals surface area contributed by atoms with Crippen molar-refractivity contribution in [3.63, 3.8) is 0 Å². The number of nitrogens with one attached hydrogen (secondary N) is 2. The molecule has 0 radical (unpaired) electrons. The summed E-state index contributed by atoms with van der Waals surface area (Å²) in [5, 5.41) is 5.66. The van der Waals surface area contributed by atoms with Crippen molar-refractivity contribution in [2.24, 2.45) is 0 Å². The van der Waals surface area contributed by atoms with Crippen molar-refractivity contribution in [1.82, 2.24) is 25.7 Å². The summed E-state index contributed by atoms with van der Waals surface area (Å²) in [5.41, 5.74) is 13.4. The largest absolute Gasteiger partial charge is 0.496 e. The van der Waals surface area contributed by atoms with Gasteiger partial charge in [0, 0.05) is 28.9 Å². The second kappa shape index (κ2) is 7.28. The fourth-order valence-corrected chi connectivity index (χ4v) is 5.36. The van der Waals surface area contributed by atoms with Crippen molar-refractivity contribution >= 4 is 29.4 Å². The van der Waals surface area contributed by atoms with Crippen molar-refractivity contribution in [1.29, 1.82) is 0 Å². The molecule has 2 atom stereocenters. The monoisotopic (exact) mass is 427 g/mol. The van der Waals surface area contributed by atoms with Gasteiger partial charge in [0.05, 0.1) is 30.6 Å². The van der Waals surface area contributed by atoms with E-state index in [1.807, 2.05) is 25.1 Å². The number of nitrogens with zero attached hydrogens (tertiary/aromatic N) is 4. The molecular formula is C20H25N7O2S. The van der Waals surface area contributed by atoms with Crippen molar-refractivity contribution in [2.75, 3.05) is 17.9 Å². The summed E-state index contributed by atoms with van der Waals surface area (Å²) >= 11 is 1.48. The Labute approximate surface area is 179 Å². The molecular weight excluding hydrogens is 402 g/mol. The van der Waals surface area contributed by atoms with Gasteiger partial charge in [-0.05, 0) is 33.1 Å². The van der Waals surface area contributed by atoms with Crippen LogP contribution in [0.2, 0.25) is 0 Å². The van der Waals surface area contributed by atoms with Gasteiger partial charge in [-0.1, -0.05) is 11.8 Å². The van der Waals surface area contributed by atoms with Gasteiger partial charge < -0.3 is 15.8 Å². The molecule has 0 aromatic carbocycles. The normalized spacial score (nSPS) is 22.0. The molecule has 2 aliphatic heterocycles. The second-order valence-corrected chi connectivity index (χ2v) is 9.25. The minimum atomic E-state index is -0.197. The van der Waals surface area contributed by atoms with Gasteiger partial charge in [0.15, 0.2) is 5.82 Å². The number of nitrogen functional groups attached to an aromatic ring is 1. The minimum absolute atomic E-state index is 0.0283. The Kier molecular flexibility index (Phi) is 4.70. The number of aryl methyl sites for hydroxylation is 1. The Balaban J connectivity index is 1.43. The van der Waals surface area contributed by atoms with Crippen LogP contribution in [0, 0.1) is 13.8 Å². The maximum atomic E-state index is 12.7. The van der Waals surface area contributed by atoms with Crippen LogP contribution in [0.5, 0.6) is 5.75 Å². The van der Waals surface area contributed by atoms with Crippen LogP contribution in [0.1, 0.15) is 47.7 Å². The molecule has 0 spiro atoms. The highest BCUT2D eigenvalue weighted by Crippen LogP contribution is 2.47. The minimum Gasteiger partial charge on any atom is -0.496 e. The zero-order valence-electron chi connectivity index (χ0n) is 17.2. The van der Waals surface area contributed by atoms with Gasteiger partial charge in [-0.2, -0.15) is 4.98 Å². The molecule has 0 saturated heterocycles. The number of thioether (sulfide) groups is 1. The number of rotatable bonds is 5. The number of aromatic nitrogens is 3. The molecule has 10 heteroatoms. The van der Waals surface area contributed by atoms with Crippen LogP contribution in [0.25, 0.3) is 0 Å². The van der Waals surface area contributed by atoms with E-state index in [0.29, 0.717) is 19.0 Å². The predicted octanol–water partition coefficient (Wildman–Crippen LogP) is 1.79. The van der Waals surface area contributed by atoms with E-state index in [-0.39, 0.29) is 23.1 Å². The molecule has 2 aromatic heterocycles. The van der Waals surface area contributed by atoms with E-state index in [1.165, 1.54) is 11.8 Å². The molecule has 0 bridgehead atoms. The number of hydrogen-bond acceptors (Lipinski definition) is 9. The van der Waals surface area contributed by atoms with E-state index < -0.39 is 0 Å². The first-order chi connectivity index (χ1) is 14.4. The lowest BCUT2D eigenvalue weighted by Gasteiger charge is -2.26. The average Bonchev–Trinajstić information content (AvgIpc) is 3.46. The second-order valence-electron chi connectivity index (χ2n) is 8.06. The molecule has 4 heterocycles. The summed E-state index contributed by atoms with van der Waals surface area (Å²) < 4.78 is 5.55. The number of carbonyl (C=O) groups excluding carboxylic acids is 1. The molecule has 1 amide bonds. The maximum absolute atomic E-state index is 12.7. The SMILES string of the molecule is COc1c(C)cnc(CN2NC3CC(C(=O)NC4CC4)Sc4nc(N)nc2c43)c1C. The zero-order valence-corrected chi connectivity index (χ0v) is 18.0. The third-order valence-electron chi connectivity index (χ3n) is 5.80. The van der Waals surface area contributed by atoms with E-state index >= 15 is 0 Å². The molecule has 2 unspecified atom stereocenters. The molecule has 3 aliphatic rings. The first-order valence-electron chi connectivity index (χ1n) is 10.1.